The third kappa shape index (κ3) is 6.65. The molecule has 0 aromatic rings. The number of hydrogen-bond acceptors (Lipinski definition) is 5. The minimum Gasteiger partial charge on any atom is -0.480 e. The van der Waals surface area contributed by atoms with Gasteiger partial charge in [0.2, 0.25) is 0 Å². The molecule has 0 aromatic carbocycles. The Labute approximate surface area is 119 Å². The number of nitrogens with zero attached hydrogens (tertiary/aromatic N) is 3. The molecule has 0 radical (unpaired) electrons. The summed E-state index contributed by atoms with van der Waals surface area (Å²) < 4.78 is 0. The Morgan fingerprint density at radius 1 is 0.850 bits per heavy atom. The Kier molecular flexibility index (Phi) is 7.21. The molecule has 114 valence electrons. The summed E-state index contributed by atoms with van der Waals surface area (Å²) in [5.41, 5.74) is 0. The maximum atomic E-state index is 10.8. The molecule has 20 heavy (non-hydrogen) atoms. The van der Waals surface area contributed by atoms with Crippen LogP contribution in [0.2, 0.25) is 0 Å². The van der Waals surface area contributed by atoms with Gasteiger partial charge in [0.05, 0.1) is 13.1 Å². The number of carboxylic acids is 2. The zero-order chi connectivity index (χ0) is 15.0. The molecular formula is C13H23N3O4. The van der Waals surface area contributed by atoms with Gasteiger partial charge in [0.15, 0.2) is 0 Å². The van der Waals surface area contributed by atoms with Crippen molar-refractivity contribution in [1.29, 1.82) is 0 Å². The molecule has 0 saturated carbocycles. The number of aliphatic carboxylic acids is 2. The first kappa shape index (κ1) is 16.6. The lowest BCUT2D eigenvalue weighted by Crippen LogP contribution is -2.40. The Morgan fingerprint density at radius 3 is 1.50 bits per heavy atom. The van der Waals surface area contributed by atoms with E-state index in [1.165, 1.54) is 0 Å². The average molecular weight is 285 g/mol. The monoisotopic (exact) mass is 285 g/mol. The summed E-state index contributed by atoms with van der Waals surface area (Å²) in [5, 5.41) is 17.8. The Hall–Kier alpha value is -1.44. The van der Waals surface area contributed by atoms with Crippen LogP contribution in [0.3, 0.4) is 0 Å². The van der Waals surface area contributed by atoms with E-state index in [-0.39, 0.29) is 13.1 Å². The van der Waals surface area contributed by atoms with Crippen molar-refractivity contribution in [1.82, 2.24) is 14.7 Å². The van der Waals surface area contributed by atoms with Crippen LogP contribution in [0.1, 0.15) is 0 Å². The third-order valence-electron chi connectivity index (χ3n) is 3.30. The molecule has 0 spiro atoms. The van der Waals surface area contributed by atoms with E-state index in [9.17, 15) is 9.59 Å². The molecule has 0 unspecified atom stereocenters. The fraction of sp³-hybridized carbons (Fsp3) is 0.692. The minimum absolute atomic E-state index is 0.0111. The van der Waals surface area contributed by atoms with Gasteiger partial charge in [0.25, 0.3) is 0 Å². The zero-order valence-electron chi connectivity index (χ0n) is 11.7. The lowest BCUT2D eigenvalue weighted by molar-refractivity contribution is -0.140. The van der Waals surface area contributed by atoms with Gasteiger partial charge in [0, 0.05) is 45.8 Å². The highest BCUT2D eigenvalue weighted by Gasteiger charge is 2.18. The van der Waals surface area contributed by atoms with Gasteiger partial charge in [-0.1, -0.05) is 6.08 Å². The first-order valence-electron chi connectivity index (χ1n) is 6.73. The number of carboxylic acid groups (broad SMARTS) is 2. The second kappa shape index (κ2) is 8.68. The highest BCUT2D eigenvalue weighted by atomic mass is 16.4. The van der Waals surface area contributed by atoms with Crippen molar-refractivity contribution >= 4 is 11.9 Å². The molecule has 1 heterocycles. The molecule has 1 fully saturated rings. The maximum absolute atomic E-state index is 10.8. The largest absolute Gasteiger partial charge is 0.480 e. The lowest BCUT2D eigenvalue weighted by atomic mass is 10.4. The van der Waals surface area contributed by atoms with E-state index in [2.05, 4.69) is 11.5 Å². The smallest absolute Gasteiger partial charge is 0.317 e. The van der Waals surface area contributed by atoms with E-state index in [0.29, 0.717) is 26.2 Å². The van der Waals surface area contributed by atoms with Gasteiger partial charge in [-0.05, 0) is 0 Å². The van der Waals surface area contributed by atoms with E-state index < -0.39 is 11.9 Å². The molecule has 0 atom stereocenters. The Bertz CT molecular complexity index is 321. The van der Waals surface area contributed by atoms with Gasteiger partial charge >= 0.3 is 11.9 Å². The summed E-state index contributed by atoms with van der Waals surface area (Å²) in [6.45, 7) is 8.42. The van der Waals surface area contributed by atoms with E-state index >= 15 is 0 Å². The van der Waals surface area contributed by atoms with Crippen LogP contribution in [0.15, 0.2) is 12.7 Å². The van der Waals surface area contributed by atoms with Gasteiger partial charge in [0.1, 0.15) is 0 Å². The van der Waals surface area contributed by atoms with Gasteiger partial charge < -0.3 is 10.2 Å². The molecule has 0 bridgehead atoms. The molecule has 7 nitrogen and oxygen atoms in total. The Balaban J connectivity index is 2.64. The van der Waals surface area contributed by atoms with E-state index in [0.717, 1.165) is 19.6 Å². The summed E-state index contributed by atoms with van der Waals surface area (Å²) in [4.78, 5) is 27.5. The molecule has 2 N–H and O–H groups in total. The molecule has 0 aliphatic carbocycles. The van der Waals surface area contributed by atoms with Gasteiger partial charge in [-0.3, -0.25) is 24.3 Å². The molecule has 7 heteroatoms. The number of rotatable bonds is 6. The van der Waals surface area contributed by atoms with Crippen molar-refractivity contribution in [2.24, 2.45) is 0 Å². The highest BCUT2D eigenvalue weighted by molar-refractivity contribution is 5.69. The molecule has 1 aliphatic rings. The van der Waals surface area contributed by atoms with Crippen LogP contribution in [-0.2, 0) is 9.59 Å². The maximum Gasteiger partial charge on any atom is 0.317 e. The lowest BCUT2D eigenvalue weighted by Gasteiger charge is -2.23. The minimum atomic E-state index is -0.857. The van der Waals surface area contributed by atoms with Crippen LogP contribution in [-0.4, -0.2) is 95.8 Å². The molecule has 1 saturated heterocycles. The molecular weight excluding hydrogens is 262 g/mol. The van der Waals surface area contributed by atoms with Crippen molar-refractivity contribution in [2.75, 3.05) is 58.9 Å². The predicted octanol–water partition coefficient (Wildman–Crippen LogP) is -0.739. The summed E-state index contributed by atoms with van der Waals surface area (Å²) in [5.74, 6) is -1.71. The van der Waals surface area contributed by atoms with E-state index in [1.807, 2.05) is 9.80 Å². The van der Waals surface area contributed by atoms with Crippen molar-refractivity contribution in [3.8, 4) is 0 Å². The highest BCUT2D eigenvalue weighted by Crippen LogP contribution is 2.00. The molecule has 0 amide bonds. The topological polar surface area (TPSA) is 84.3 Å². The molecule has 1 aliphatic heterocycles. The van der Waals surface area contributed by atoms with Crippen LogP contribution in [0.5, 0.6) is 0 Å². The summed E-state index contributed by atoms with van der Waals surface area (Å²) >= 11 is 0. The number of hydrogen-bond donors (Lipinski definition) is 2. The van der Waals surface area contributed by atoms with Gasteiger partial charge in [-0.2, -0.15) is 0 Å². The van der Waals surface area contributed by atoms with Crippen molar-refractivity contribution in [2.45, 2.75) is 0 Å². The summed E-state index contributed by atoms with van der Waals surface area (Å²) in [6, 6.07) is 0. The van der Waals surface area contributed by atoms with Crippen molar-refractivity contribution in [3.05, 3.63) is 12.7 Å². The fourth-order valence-electron chi connectivity index (χ4n) is 2.25. The first-order valence-corrected chi connectivity index (χ1v) is 6.73. The van der Waals surface area contributed by atoms with Crippen molar-refractivity contribution in [3.63, 3.8) is 0 Å². The number of carbonyl (C=O) groups is 2. The van der Waals surface area contributed by atoms with E-state index in [4.69, 9.17) is 10.2 Å². The standard InChI is InChI=1S/C13H23N3O4/c1-2-3-14-4-6-15(10-12(17)18)8-9-16(7-5-14)11-13(19)20/h2H,1,3-11H2,(H,17,18)(H,19,20). The van der Waals surface area contributed by atoms with Crippen molar-refractivity contribution < 1.29 is 19.8 Å². The average Bonchev–Trinajstić information content (AvgIpc) is 2.43. The summed E-state index contributed by atoms with van der Waals surface area (Å²) in [6.07, 6.45) is 1.81. The quantitative estimate of drug-likeness (QED) is 0.622. The van der Waals surface area contributed by atoms with Gasteiger partial charge in [-0.15, -0.1) is 6.58 Å². The van der Waals surface area contributed by atoms with Crippen LogP contribution in [0.4, 0.5) is 0 Å². The van der Waals surface area contributed by atoms with Crippen LogP contribution in [0, 0.1) is 0 Å². The third-order valence-corrected chi connectivity index (χ3v) is 3.30. The molecule has 1 rings (SSSR count). The van der Waals surface area contributed by atoms with Crippen LogP contribution in [0.25, 0.3) is 0 Å². The summed E-state index contributed by atoms with van der Waals surface area (Å²) in [7, 11) is 0. The van der Waals surface area contributed by atoms with Crippen LogP contribution < -0.4 is 0 Å². The van der Waals surface area contributed by atoms with Crippen LogP contribution >= 0.6 is 0 Å². The zero-order valence-corrected chi connectivity index (χ0v) is 11.7. The second-order valence-electron chi connectivity index (χ2n) is 4.93. The fourth-order valence-corrected chi connectivity index (χ4v) is 2.25. The predicted molar refractivity (Wildman–Crippen MR) is 74.8 cm³/mol. The SMILES string of the molecule is C=CCN1CCN(CC(=O)O)CCN(CC(=O)O)CC1. The Morgan fingerprint density at radius 2 is 1.20 bits per heavy atom. The molecule has 0 aromatic heterocycles. The normalized spacial score (nSPS) is 19.8. The second-order valence-corrected chi connectivity index (χ2v) is 4.93. The first-order chi connectivity index (χ1) is 9.51. The van der Waals surface area contributed by atoms with Gasteiger partial charge in [-0.25, -0.2) is 0 Å². The van der Waals surface area contributed by atoms with E-state index in [1.54, 1.807) is 6.08 Å².